The predicted octanol–water partition coefficient (Wildman–Crippen LogP) is 4.15. The summed E-state index contributed by atoms with van der Waals surface area (Å²) in [4.78, 5) is 26.4. The second-order valence-electron chi connectivity index (χ2n) is 6.28. The zero-order valence-electron chi connectivity index (χ0n) is 14.4. The van der Waals surface area contributed by atoms with Crippen LogP contribution in [0.15, 0.2) is 47.1 Å². The second-order valence-corrected chi connectivity index (χ2v) is 7.39. The lowest BCUT2D eigenvalue weighted by molar-refractivity contribution is 0.0948. The lowest BCUT2D eigenvalue weighted by Crippen LogP contribution is -2.24. The minimum Gasteiger partial charge on any atom is -0.467 e. The number of halogens is 1. The Morgan fingerprint density at radius 2 is 1.93 bits per heavy atom. The molecule has 5 nitrogen and oxygen atoms in total. The van der Waals surface area contributed by atoms with E-state index in [9.17, 15) is 14.0 Å². The average molecular weight is 384 g/mol. The Hall–Kier alpha value is -2.93. The van der Waals surface area contributed by atoms with E-state index in [1.165, 1.54) is 35.6 Å². The van der Waals surface area contributed by atoms with Crippen molar-refractivity contribution in [2.24, 2.45) is 0 Å². The van der Waals surface area contributed by atoms with Crippen LogP contribution in [0.3, 0.4) is 0 Å². The number of amides is 2. The number of hydrogen-bond donors (Lipinski definition) is 2. The van der Waals surface area contributed by atoms with E-state index in [0.717, 1.165) is 29.7 Å². The van der Waals surface area contributed by atoms with Gasteiger partial charge >= 0.3 is 0 Å². The van der Waals surface area contributed by atoms with Crippen molar-refractivity contribution in [3.05, 3.63) is 75.8 Å². The van der Waals surface area contributed by atoms with Gasteiger partial charge in [-0.05, 0) is 61.2 Å². The quantitative estimate of drug-likeness (QED) is 0.694. The number of nitrogens with one attached hydrogen (secondary N) is 2. The number of anilines is 1. The summed E-state index contributed by atoms with van der Waals surface area (Å²) < 4.78 is 18.3. The molecule has 0 bridgehead atoms. The number of carbonyl (C=O) groups is 2. The Kier molecular flexibility index (Phi) is 4.77. The molecule has 0 unspecified atom stereocenters. The van der Waals surface area contributed by atoms with E-state index >= 15 is 0 Å². The van der Waals surface area contributed by atoms with E-state index in [0.29, 0.717) is 21.9 Å². The van der Waals surface area contributed by atoms with Crippen molar-refractivity contribution < 1.29 is 18.4 Å². The molecule has 0 radical (unpaired) electrons. The summed E-state index contributed by atoms with van der Waals surface area (Å²) in [5.41, 5.74) is 1.87. The van der Waals surface area contributed by atoms with Crippen molar-refractivity contribution in [3.8, 4) is 0 Å². The molecule has 2 N–H and O–H groups in total. The molecule has 2 amide bonds. The molecule has 1 aliphatic carbocycles. The van der Waals surface area contributed by atoms with Crippen molar-refractivity contribution in [2.45, 2.75) is 25.8 Å². The van der Waals surface area contributed by atoms with Gasteiger partial charge in [-0.25, -0.2) is 4.39 Å². The van der Waals surface area contributed by atoms with Crippen molar-refractivity contribution in [1.29, 1.82) is 0 Å². The number of benzene rings is 1. The molecule has 4 rings (SSSR count). The van der Waals surface area contributed by atoms with Crippen LogP contribution in [-0.4, -0.2) is 11.8 Å². The van der Waals surface area contributed by atoms with Gasteiger partial charge in [-0.3, -0.25) is 9.59 Å². The van der Waals surface area contributed by atoms with Gasteiger partial charge in [0.05, 0.1) is 18.4 Å². The zero-order valence-corrected chi connectivity index (χ0v) is 15.2. The Morgan fingerprint density at radius 1 is 1.11 bits per heavy atom. The summed E-state index contributed by atoms with van der Waals surface area (Å²) in [6.45, 7) is 0.280. The van der Waals surface area contributed by atoms with Gasteiger partial charge in [0, 0.05) is 10.4 Å². The van der Waals surface area contributed by atoms with Crippen LogP contribution in [0, 0.1) is 5.82 Å². The SMILES string of the molecule is O=C(Nc1sc2c(c1C(=O)NCc1ccco1)CCC2)c1ccc(F)cc1. The van der Waals surface area contributed by atoms with E-state index in [4.69, 9.17) is 4.42 Å². The number of carbonyl (C=O) groups excluding carboxylic acids is 2. The monoisotopic (exact) mass is 384 g/mol. The maximum atomic E-state index is 13.1. The first-order chi connectivity index (χ1) is 13.1. The van der Waals surface area contributed by atoms with E-state index in [-0.39, 0.29) is 18.4 Å². The Labute approximate surface area is 159 Å². The Balaban J connectivity index is 1.56. The molecule has 3 aromatic rings. The molecule has 1 aliphatic rings. The van der Waals surface area contributed by atoms with Gasteiger partial charge in [0.25, 0.3) is 11.8 Å². The lowest BCUT2D eigenvalue weighted by Gasteiger charge is -2.09. The highest BCUT2D eigenvalue weighted by Gasteiger charge is 2.27. The smallest absolute Gasteiger partial charge is 0.256 e. The number of hydrogen-bond acceptors (Lipinski definition) is 4. The average Bonchev–Trinajstić information content (AvgIpc) is 3.37. The van der Waals surface area contributed by atoms with E-state index in [2.05, 4.69) is 10.6 Å². The summed E-state index contributed by atoms with van der Waals surface area (Å²) >= 11 is 1.44. The third-order valence-corrected chi connectivity index (χ3v) is 5.69. The summed E-state index contributed by atoms with van der Waals surface area (Å²) in [6.07, 6.45) is 4.29. The Morgan fingerprint density at radius 3 is 2.67 bits per heavy atom. The predicted molar refractivity (Wildman–Crippen MR) is 101 cm³/mol. The number of fused-ring (bicyclic) bond motifs is 1. The third-order valence-electron chi connectivity index (χ3n) is 4.49. The van der Waals surface area contributed by atoms with Crippen LogP contribution in [0.4, 0.5) is 9.39 Å². The normalized spacial score (nSPS) is 12.6. The molecule has 138 valence electrons. The first-order valence-corrected chi connectivity index (χ1v) is 9.45. The largest absolute Gasteiger partial charge is 0.467 e. The van der Waals surface area contributed by atoms with E-state index in [1.807, 2.05) is 0 Å². The first kappa shape index (κ1) is 17.5. The molecule has 1 aromatic carbocycles. The van der Waals surface area contributed by atoms with Crippen LogP contribution in [-0.2, 0) is 19.4 Å². The van der Waals surface area contributed by atoms with Crippen LogP contribution in [0.2, 0.25) is 0 Å². The lowest BCUT2D eigenvalue weighted by atomic mass is 10.1. The number of rotatable bonds is 5. The molecule has 27 heavy (non-hydrogen) atoms. The van der Waals surface area contributed by atoms with Gasteiger partial charge in [0.2, 0.25) is 0 Å². The fourth-order valence-electron chi connectivity index (χ4n) is 3.18. The summed E-state index contributed by atoms with van der Waals surface area (Å²) in [7, 11) is 0. The number of aryl methyl sites for hydroxylation is 1. The van der Waals surface area contributed by atoms with Crippen LogP contribution in [0.25, 0.3) is 0 Å². The molecular formula is C20H17FN2O3S. The molecule has 0 atom stereocenters. The van der Waals surface area contributed by atoms with Crippen molar-refractivity contribution >= 4 is 28.2 Å². The summed E-state index contributed by atoms with van der Waals surface area (Å²) in [5.74, 6) is -0.345. The van der Waals surface area contributed by atoms with Gasteiger partial charge in [-0.2, -0.15) is 0 Å². The minimum atomic E-state index is -0.403. The van der Waals surface area contributed by atoms with Gasteiger partial charge in [0.15, 0.2) is 0 Å². The standard InChI is InChI=1S/C20H17FN2O3S/c21-13-8-6-12(7-9-13)18(24)23-20-17(15-4-1-5-16(15)27-20)19(25)22-11-14-3-2-10-26-14/h2-3,6-10H,1,4-5,11H2,(H,22,25)(H,23,24). The Bertz CT molecular complexity index is 978. The minimum absolute atomic E-state index is 0.236. The van der Waals surface area contributed by atoms with Crippen LogP contribution < -0.4 is 10.6 Å². The fraction of sp³-hybridized carbons (Fsp3) is 0.200. The zero-order chi connectivity index (χ0) is 18.8. The fourth-order valence-corrected chi connectivity index (χ4v) is 4.46. The van der Waals surface area contributed by atoms with E-state index in [1.54, 1.807) is 18.4 Å². The number of thiophene rings is 1. The second kappa shape index (κ2) is 7.36. The molecule has 7 heteroatoms. The van der Waals surface area contributed by atoms with Crippen molar-refractivity contribution in [1.82, 2.24) is 5.32 Å². The summed E-state index contributed by atoms with van der Waals surface area (Å²) in [6, 6.07) is 8.86. The maximum Gasteiger partial charge on any atom is 0.256 e. The van der Waals surface area contributed by atoms with Crippen LogP contribution in [0.1, 0.15) is 43.3 Å². The third kappa shape index (κ3) is 3.64. The molecule has 0 spiro atoms. The molecule has 0 saturated carbocycles. The molecule has 0 saturated heterocycles. The van der Waals surface area contributed by atoms with E-state index < -0.39 is 5.82 Å². The topological polar surface area (TPSA) is 71.3 Å². The molecule has 2 heterocycles. The van der Waals surface area contributed by atoms with Gasteiger partial charge < -0.3 is 15.1 Å². The highest BCUT2D eigenvalue weighted by molar-refractivity contribution is 7.17. The van der Waals surface area contributed by atoms with Crippen molar-refractivity contribution in [3.63, 3.8) is 0 Å². The van der Waals surface area contributed by atoms with Gasteiger partial charge in [-0.1, -0.05) is 0 Å². The molecular weight excluding hydrogens is 367 g/mol. The highest BCUT2D eigenvalue weighted by atomic mass is 32.1. The highest BCUT2D eigenvalue weighted by Crippen LogP contribution is 2.39. The first-order valence-electron chi connectivity index (χ1n) is 8.64. The van der Waals surface area contributed by atoms with Crippen LogP contribution >= 0.6 is 11.3 Å². The van der Waals surface area contributed by atoms with Crippen molar-refractivity contribution in [2.75, 3.05) is 5.32 Å². The van der Waals surface area contributed by atoms with Crippen LogP contribution in [0.5, 0.6) is 0 Å². The summed E-state index contributed by atoms with van der Waals surface area (Å²) in [5, 5.41) is 6.21. The number of furan rings is 1. The molecule has 2 aromatic heterocycles. The molecule has 0 aliphatic heterocycles. The molecule has 0 fully saturated rings. The maximum absolute atomic E-state index is 13.1. The van der Waals surface area contributed by atoms with Gasteiger partial charge in [-0.15, -0.1) is 11.3 Å². The van der Waals surface area contributed by atoms with Gasteiger partial charge in [0.1, 0.15) is 16.6 Å².